The van der Waals surface area contributed by atoms with Gasteiger partial charge in [-0.25, -0.2) is 0 Å². The molecule has 6 nitrogen and oxygen atoms in total. The van der Waals surface area contributed by atoms with Crippen LogP contribution in [-0.4, -0.2) is 49.7 Å². The number of likely N-dealkylation sites (tertiary alicyclic amines) is 1. The molecule has 0 radical (unpaired) electrons. The molecule has 1 aliphatic rings. The Kier molecular flexibility index (Phi) is 7.31. The van der Waals surface area contributed by atoms with Gasteiger partial charge in [0.1, 0.15) is 12.9 Å². The number of esters is 1. The summed E-state index contributed by atoms with van der Waals surface area (Å²) >= 11 is 0. The number of nitrogens with zero attached hydrogens (tertiary/aromatic N) is 1. The van der Waals surface area contributed by atoms with Gasteiger partial charge in [0, 0.05) is 19.7 Å². The van der Waals surface area contributed by atoms with E-state index in [9.17, 15) is 9.59 Å². The van der Waals surface area contributed by atoms with Crippen LogP contribution < -0.4 is 0 Å². The lowest BCUT2D eigenvalue weighted by Gasteiger charge is -2.30. The number of hydrogen-bond donors (Lipinski definition) is 0. The van der Waals surface area contributed by atoms with E-state index in [1.807, 2.05) is 0 Å². The first-order chi connectivity index (χ1) is 11.6. The molecule has 6 heteroatoms. The van der Waals surface area contributed by atoms with Crippen LogP contribution in [0.15, 0.2) is 23.0 Å². The van der Waals surface area contributed by atoms with Crippen molar-refractivity contribution in [1.82, 2.24) is 4.90 Å². The number of furan rings is 1. The van der Waals surface area contributed by atoms with Gasteiger partial charge in [0.25, 0.3) is 5.91 Å². The molecule has 134 valence electrons. The molecule has 0 unspecified atom stereocenters. The SMILES string of the molecule is CC(C)CCOCCOC(=O)C1CCN(C(=O)c2ccoc2)CC1. The van der Waals surface area contributed by atoms with Crippen LogP contribution in [0.4, 0.5) is 0 Å². The third-order valence-corrected chi connectivity index (χ3v) is 4.20. The first-order valence-electron chi connectivity index (χ1n) is 8.63. The van der Waals surface area contributed by atoms with E-state index < -0.39 is 0 Å². The highest BCUT2D eigenvalue weighted by atomic mass is 16.6. The Balaban J connectivity index is 1.61. The minimum atomic E-state index is -0.183. The summed E-state index contributed by atoms with van der Waals surface area (Å²) in [5, 5.41) is 0. The smallest absolute Gasteiger partial charge is 0.309 e. The van der Waals surface area contributed by atoms with Crippen molar-refractivity contribution < 1.29 is 23.5 Å². The fraction of sp³-hybridized carbons (Fsp3) is 0.667. The van der Waals surface area contributed by atoms with E-state index in [4.69, 9.17) is 13.9 Å². The van der Waals surface area contributed by atoms with Crippen molar-refractivity contribution >= 4 is 11.9 Å². The van der Waals surface area contributed by atoms with E-state index in [0.29, 0.717) is 57.2 Å². The monoisotopic (exact) mass is 337 g/mol. The summed E-state index contributed by atoms with van der Waals surface area (Å²) in [5.41, 5.74) is 0.551. The van der Waals surface area contributed by atoms with Crippen molar-refractivity contribution in [2.24, 2.45) is 11.8 Å². The number of carbonyl (C=O) groups excluding carboxylic acids is 2. The maximum Gasteiger partial charge on any atom is 0.309 e. The quantitative estimate of drug-likeness (QED) is 0.539. The van der Waals surface area contributed by atoms with Crippen molar-refractivity contribution in [1.29, 1.82) is 0 Å². The molecule has 1 aliphatic heterocycles. The molecule has 24 heavy (non-hydrogen) atoms. The maximum atomic E-state index is 12.2. The minimum absolute atomic E-state index is 0.0471. The average molecular weight is 337 g/mol. The van der Waals surface area contributed by atoms with Gasteiger partial charge in [-0.1, -0.05) is 13.8 Å². The van der Waals surface area contributed by atoms with Crippen molar-refractivity contribution in [2.75, 3.05) is 32.9 Å². The number of hydrogen-bond acceptors (Lipinski definition) is 5. The van der Waals surface area contributed by atoms with Crippen LogP contribution in [0.5, 0.6) is 0 Å². The van der Waals surface area contributed by atoms with Gasteiger partial charge in [0.2, 0.25) is 0 Å². The molecule has 1 saturated heterocycles. The van der Waals surface area contributed by atoms with Gasteiger partial charge in [0.05, 0.1) is 24.4 Å². The van der Waals surface area contributed by atoms with Gasteiger partial charge in [-0.2, -0.15) is 0 Å². The topological polar surface area (TPSA) is 69.0 Å². The van der Waals surface area contributed by atoms with Crippen molar-refractivity contribution in [2.45, 2.75) is 33.1 Å². The molecule has 2 heterocycles. The van der Waals surface area contributed by atoms with E-state index in [1.165, 1.54) is 12.5 Å². The summed E-state index contributed by atoms with van der Waals surface area (Å²) in [6.07, 6.45) is 5.22. The van der Waals surface area contributed by atoms with Crippen molar-refractivity contribution in [3.05, 3.63) is 24.2 Å². The molecule has 0 spiro atoms. The third kappa shape index (κ3) is 5.67. The first kappa shape index (κ1) is 18.5. The highest BCUT2D eigenvalue weighted by Gasteiger charge is 2.29. The highest BCUT2D eigenvalue weighted by molar-refractivity contribution is 5.94. The van der Waals surface area contributed by atoms with Gasteiger partial charge in [-0.3, -0.25) is 9.59 Å². The second-order valence-corrected chi connectivity index (χ2v) is 6.54. The Hall–Kier alpha value is -1.82. The van der Waals surface area contributed by atoms with E-state index in [1.54, 1.807) is 11.0 Å². The van der Waals surface area contributed by atoms with Crippen LogP contribution in [-0.2, 0) is 14.3 Å². The van der Waals surface area contributed by atoms with Crippen molar-refractivity contribution in [3.8, 4) is 0 Å². The summed E-state index contributed by atoms with van der Waals surface area (Å²) in [6, 6.07) is 1.65. The fourth-order valence-corrected chi connectivity index (χ4v) is 2.63. The zero-order valence-electron chi connectivity index (χ0n) is 14.5. The Labute approximate surface area is 143 Å². The molecule has 0 atom stereocenters. The molecule has 0 bridgehead atoms. The van der Waals surface area contributed by atoms with Crippen LogP contribution in [0.25, 0.3) is 0 Å². The Bertz CT molecular complexity index is 503. The molecular formula is C18H27NO5. The zero-order chi connectivity index (χ0) is 17.4. The summed E-state index contributed by atoms with van der Waals surface area (Å²) in [5.74, 6) is 0.253. The molecule has 0 aromatic carbocycles. The summed E-state index contributed by atoms with van der Waals surface area (Å²) < 4.78 is 15.6. The van der Waals surface area contributed by atoms with Crippen LogP contribution in [0.3, 0.4) is 0 Å². The number of carbonyl (C=O) groups is 2. The number of piperidine rings is 1. The van der Waals surface area contributed by atoms with Gasteiger partial charge in [-0.05, 0) is 31.2 Å². The zero-order valence-corrected chi connectivity index (χ0v) is 14.5. The molecule has 1 amide bonds. The lowest BCUT2D eigenvalue weighted by molar-refractivity contribution is -0.151. The lowest BCUT2D eigenvalue weighted by atomic mass is 9.96. The molecular weight excluding hydrogens is 310 g/mol. The maximum absolute atomic E-state index is 12.2. The van der Waals surface area contributed by atoms with Crippen LogP contribution in [0.2, 0.25) is 0 Å². The standard InChI is InChI=1S/C18H27NO5/c1-14(2)5-9-22-11-12-24-18(21)15-3-7-19(8-4-15)17(20)16-6-10-23-13-16/h6,10,13-15H,3-5,7-9,11-12H2,1-2H3. The Morgan fingerprint density at radius 3 is 2.62 bits per heavy atom. The summed E-state index contributed by atoms with van der Waals surface area (Å²) in [6.45, 7) is 6.86. The third-order valence-electron chi connectivity index (χ3n) is 4.20. The predicted octanol–water partition coefficient (Wildman–Crippen LogP) is 2.74. The summed E-state index contributed by atoms with van der Waals surface area (Å²) in [4.78, 5) is 26.0. The Morgan fingerprint density at radius 1 is 1.25 bits per heavy atom. The van der Waals surface area contributed by atoms with Crippen LogP contribution in [0, 0.1) is 11.8 Å². The highest BCUT2D eigenvalue weighted by Crippen LogP contribution is 2.20. The summed E-state index contributed by atoms with van der Waals surface area (Å²) in [7, 11) is 0. The molecule has 0 N–H and O–H groups in total. The predicted molar refractivity (Wildman–Crippen MR) is 88.6 cm³/mol. The largest absolute Gasteiger partial charge is 0.472 e. The first-order valence-corrected chi connectivity index (χ1v) is 8.63. The van der Waals surface area contributed by atoms with E-state index in [0.717, 1.165) is 6.42 Å². The fourth-order valence-electron chi connectivity index (χ4n) is 2.63. The van der Waals surface area contributed by atoms with Crippen molar-refractivity contribution in [3.63, 3.8) is 0 Å². The van der Waals surface area contributed by atoms with Gasteiger partial charge < -0.3 is 18.8 Å². The molecule has 0 aliphatic carbocycles. The molecule has 1 aromatic heterocycles. The van der Waals surface area contributed by atoms with E-state index in [2.05, 4.69) is 13.8 Å². The molecule has 1 fully saturated rings. The van der Waals surface area contributed by atoms with E-state index >= 15 is 0 Å². The average Bonchev–Trinajstić information content (AvgIpc) is 3.11. The van der Waals surface area contributed by atoms with Crippen LogP contribution in [0.1, 0.15) is 43.5 Å². The van der Waals surface area contributed by atoms with Crippen LogP contribution >= 0.6 is 0 Å². The van der Waals surface area contributed by atoms with Gasteiger partial charge in [0.15, 0.2) is 0 Å². The lowest BCUT2D eigenvalue weighted by Crippen LogP contribution is -2.40. The number of rotatable bonds is 8. The second-order valence-electron chi connectivity index (χ2n) is 6.54. The van der Waals surface area contributed by atoms with E-state index in [-0.39, 0.29) is 17.8 Å². The molecule has 2 rings (SSSR count). The van der Waals surface area contributed by atoms with Gasteiger partial charge in [-0.15, -0.1) is 0 Å². The molecule has 0 saturated carbocycles. The molecule has 1 aromatic rings. The Morgan fingerprint density at radius 2 is 2.00 bits per heavy atom. The second kappa shape index (κ2) is 9.47. The van der Waals surface area contributed by atoms with Gasteiger partial charge >= 0.3 is 5.97 Å². The number of ether oxygens (including phenoxy) is 2. The normalized spacial score (nSPS) is 15.7. The number of amides is 1. The minimum Gasteiger partial charge on any atom is -0.472 e.